The molecule has 4 saturated carbocycles. The van der Waals surface area contributed by atoms with E-state index in [1.807, 2.05) is 0 Å². The third kappa shape index (κ3) is 1.37. The van der Waals surface area contributed by atoms with E-state index in [0.29, 0.717) is 9.86 Å². The van der Waals surface area contributed by atoms with Gasteiger partial charge in [-0.2, -0.15) is 0 Å². The van der Waals surface area contributed by atoms with Crippen molar-refractivity contribution < 1.29 is 0 Å². The summed E-state index contributed by atoms with van der Waals surface area (Å²) in [6, 6.07) is 0. The minimum atomic E-state index is 0.513. The lowest BCUT2D eigenvalue weighted by atomic mass is 9.53. The molecule has 0 aromatic heterocycles. The van der Waals surface area contributed by atoms with Crippen molar-refractivity contribution in [3.05, 3.63) is 0 Å². The summed E-state index contributed by atoms with van der Waals surface area (Å²) in [6.07, 6.45) is 8.67. The van der Waals surface area contributed by atoms with Crippen molar-refractivity contribution >= 4 is 15.9 Å². The first-order valence-corrected chi connectivity index (χ1v) is 6.86. The number of nitrogens with one attached hydrogen (secondary N) is 1. The van der Waals surface area contributed by atoms with Crippen LogP contribution in [0, 0.1) is 11.8 Å². The van der Waals surface area contributed by atoms with Crippen LogP contribution in [-0.2, 0) is 0 Å². The van der Waals surface area contributed by atoms with Gasteiger partial charge in [0.05, 0.1) is 0 Å². The Kier molecular flexibility index (Phi) is 2.05. The lowest BCUT2D eigenvalue weighted by Crippen LogP contribution is -2.62. The van der Waals surface area contributed by atoms with E-state index in [1.54, 1.807) is 0 Å². The van der Waals surface area contributed by atoms with Gasteiger partial charge >= 0.3 is 0 Å². The van der Waals surface area contributed by atoms with Crippen LogP contribution >= 0.6 is 15.9 Å². The molecular weight excluding hydrogens is 238 g/mol. The van der Waals surface area contributed by atoms with Gasteiger partial charge in [0.25, 0.3) is 0 Å². The summed E-state index contributed by atoms with van der Waals surface area (Å²) in [7, 11) is 0. The quantitative estimate of drug-likeness (QED) is 0.750. The molecule has 4 fully saturated rings. The number of halogens is 1. The highest BCUT2D eigenvalue weighted by Crippen LogP contribution is 2.60. The monoisotopic (exact) mass is 257 g/mol. The average molecular weight is 258 g/mol. The standard InChI is InChI=1S/C12H20BrN/c1-2-14-12-6-9-3-10(7-12)5-11(13,4-9)8-12/h9-10,14H,2-8H2,1H3. The molecule has 4 rings (SSSR count). The number of alkyl halides is 1. The summed E-state index contributed by atoms with van der Waals surface area (Å²) in [6.45, 7) is 3.39. The zero-order valence-corrected chi connectivity index (χ0v) is 10.6. The predicted octanol–water partition coefficient (Wildman–Crippen LogP) is 3.08. The molecule has 1 N–H and O–H groups in total. The Morgan fingerprint density at radius 2 is 1.86 bits per heavy atom. The largest absolute Gasteiger partial charge is 0.311 e. The maximum atomic E-state index is 4.02. The Bertz CT molecular complexity index is 237. The molecule has 4 aliphatic rings. The van der Waals surface area contributed by atoms with Gasteiger partial charge in [0.15, 0.2) is 0 Å². The van der Waals surface area contributed by atoms with Crippen LogP contribution in [0.1, 0.15) is 45.4 Å². The molecule has 14 heavy (non-hydrogen) atoms. The van der Waals surface area contributed by atoms with E-state index in [-0.39, 0.29) is 0 Å². The van der Waals surface area contributed by atoms with Crippen molar-refractivity contribution in [1.82, 2.24) is 5.32 Å². The number of hydrogen-bond donors (Lipinski definition) is 1. The van der Waals surface area contributed by atoms with Gasteiger partial charge in [-0.3, -0.25) is 0 Å². The van der Waals surface area contributed by atoms with Crippen LogP contribution in [0.4, 0.5) is 0 Å². The molecule has 2 heteroatoms. The highest BCUT2D eigenvalue weighted by Gasteiger charge is 2.56. The smallest absolute Gasteiger partial charge is 0.0280 e. The first-order chi connectivity index (χ1) is 6.63. The Hall–Kier alpha value is 0.440. The normalized spacial score (nSPS) is 55.3. The summed E-state index contributed by atoms with van der Waals surface area (Å²) in [5.74, 6) is 2.02. The molecule has 0 aromatic rings. The number of rotatable bonds is 2. The van der Waals surface area contributed by atoms with Gasteiger partial charge in [-0.1, -0.05) is 22.9 Å². The fourth-order valence-electron chi connectivity index (χ4n) is 4.73. The van der Waals surface area contributed by atoms with Crippen molar-refractivity contribution in [2.45, 2.75) is 55.3 Å². The summed E-state index contributed by atoms with van der Waals surface area (Å²) in [5, 5.41) is 3.79. The van der Waals surface area contributed by atoms with E-state index in [1.165, 1.54) is 38.5 Å². The molecule has 2 atom stereocenters. The summed E-state index contributed by atoms with van der Waals surface area (Å²) >= 11 is 4.02. The molecule has 0 amide bonds. The Morgan fingerprint density at radius 1 is 1.21 bits per heavy atom. The van der Waals surface area contributed by atoms with Crippen LogP contribution in [0.5, 0.6) is 0 Å². The van der Waals surface area contributed by atoms with E-state index in [2.05, 4.69) is 28.2 Å². The first kappa shape index (κ1) is 9.65. The van der Waals surface area contributed by atoms with E-state index >= 15 is 0 Å². The fourth-order valence-corrected chi connectivity index (χ4v) is 6.18. The molecule has 4 bridgehead atoms. The Labute approximate surface area is 95.2 Å². The van der Waals surface area contributed by atoms with E-state index in [9.17, 15) is 0 Å². The first-order valence-electron chi connectivity index (χ1n) is 6.07. The highest BCUT2D eigenvalue weighted by atomic mass is 79.9. The van der Waals surface area contributed by atoms with E-state index in [0.717, 1.165) is 18.4 Å². The minimum absolute atomic E-state index is 0.513. The van der Waals surface area contributed by atoms with Crippen LogP contribution in [0.25, 0.3) is 0 Å². The van der Waals surface area contributed by atoms with E-state index < -0.39 is 0 Å². The van der Waals surface area contributed by atoms with Gasteiger partial charge in [0.2, 0.25) is 0 Å². The molecule has 2 unspecified atom stereocenters. The third-order valence-corrected chi connectivity index (χ3v) is 5.47. The lowest BCUT2D eigenvalue weighted by molar-refractivity contribution is 0.00000582. The minimum Gasteiger partial charge on any atom is -0.311 e. The molecule has 0 saturated heterocycles. The van der Waals surface area contributed by atoms with Gasteiger partial charge in [0.1, 0.15) is 0 Å². The topological polar surface area (TPSA) is 12.0 Å². The van der Waals surface area contributed by atoms with Crippen LogP contribution in [-0.4, -0.2) is 16.4 Å². The Morgan fingerprint density at radius 3 is 2.36 bits per heavy atom. The highest BCUT2D eigenvalue weighted by molar-refractivity contribution is 9.10. The molecule has 1 nitrogen and oxygen atoms in total. The molecule has 4 aliphatic carbocycles. The molecule has 80 valence electrons. The Balaban J connectivity index is 1.89. The second kappa shape index (κ2) is 2.98. The SMILES string of the molecule is CCNC12CC3CC(CC(Br)(C3)C1)C2. The van der Waals surface area contributed by atoms with Gasteiger partial charge in [-0.25, -0.2) is 0 Å². The van der Waals surface area contributed by atoms with Crippen LogP contribution in [0.2, 0.25) is 0 Å². The summed E-state index contributed by atoms with van der Waals surface area (Å²) in [5.41, 5.74) is 0.516. The van der Waals surface area contributed by atoms with Crippen molar-refractivity contribution in [3.63, 3.8) is 0 Å². The van der Waals surface area contributed by atoms with Gasteiger partial charge in [0, 0.05) is 9.86 Å². The summed E-state index contributed by atoms with van der Waals surface area (Å²) in [4.78, 5) is 0. The van der Waals surface area contributed by atoms with Crippen LogP contribution in [0.15, 0.2) is 0 Å². The number of hydrogen-bond acceptors (Lipinski definition) is 1. The third-order valence-electron chi connectivity index (χ3n) is 4.54. The average Bonchev–Trinajstić information content (AvgIpc) is 1.97. The zero-order chi connectivity index (χ0) is 9.81. The van der Waals surface area contributed by atoms with Gasteiger partial charge in [-0.05, 0) is 56.9 Å². The molecule has 0 aromatic carbocycles. The molecule has 0 spiro atoms. The fraction of sp³-hybridized carbons (Fsp3) is 1.00. The van der Waals surface area contributed by atoms with Crippen LogP contribution < -0.4 is 5.32 Å². The maximum Gasteiger partial charge on any atom is 0.0280 e. The lowest BCUT2D eigenvalue weighted by Gasteiger charge is -2.60. The zero-order valence-electron chi connectivity index (χ0n) is 8.98. The predicted molar refractivity (Wildman–Crippen MR) is 62.7 cm³/mol. The maximum absolute atomic E-state index is 4.02. The van der Waals surface area contributed by atoms with Crippen molar-refractivity contribution in [1.29, 1.82) is 0 Å². The van der Waals surface area contributed by atoms with Crippen LogP contribution in [0.3, 0.4) is 0 Å². The van der Waals surface area contributed by atoms with Crippen molar-refractivity contribution in [2.75, 3.05) is 6.54 Å². The molecule has 0 radical (unpaired) electrons. The van der Waals surface area contributed by atoms with Gasteiger partial charge in [-0.15, -0.1) is 0 Å². The van der Waals surface area contributed by atoms with Crippen molar-refractivity contribution in [2.24, 2.45) is 11.8 Å². The summed E-state index contributed by atoms with van der Waals surface area (Å²) < 4.78 is 0.513. The molecule has 0 heterocycles. The van der Waals surface area contributed by atoms with Gasteiger partial charge < -0.3 is 5.32 Å². The second-order valence-electron chi connectivity index (χ2n) is 5.92. The van der Waals surface area contributed by atoms with Crippen molar-refractivity contribution in [3.8, 4) is 0 Å². The molecular formula is C12H20BrN. The molecule has 0 aliphatic heterocycles. The van der Waals surface area contributed by atoms with E-state index in [4.69, 9.17) is 0 Å². The second-order valence-corrected chi connectivity index (χ2v) is 7.60.